The molecule has 0 N–H and O–H groups in total. The molecular weight excluding hydrogens is 320 g/mol. The van der Waals surface area contributed by atoms with Gasteiger partial charge in [0, 0.05) is 46.6 Å². The first-order valence-electron chi connectivity index (χ1n) is 6.45. The number of pyridine rings is 2. The summed E-state index contributed by atoms with van der Waals surface area (Å²) < 4.78 is 23.2. The summed E-state index contributed by atoms with van der Waals surface area (Å²) in [5.74, 6) is 0. The van der Waals surface area contributed by atoms with Crippen LogP contribution in [0.1, 0.15) is 0 Å². The Hall–Kier alpha value is -2.24. The van der Waals surface area contributed by atoms with Crippen molar-refractivity contribution >= 4 is 19.7 Å². The second-order valence-corrected chi connectivity index (χ2v) is 7.19. The zero-order valence-corrected chi connectivity index (χ0v) is 12.9. The highest BCUT2D eigenvalue weighted by molar-refractivity contribution is 8.13. The molecule has 1 aromatic carbocycles. The van der Waals surface area contributed by atoms with Crippen LogP contribution in [0, 0.1) is 0 Å². The quantitative estimate of drug-likeness (QED) is 0.686. The lowest BCUT2D eigenvalue weighted by molar-refractivity contribution is 0.609. The van der Waals surface area contributed by atoms with E-state index in [1.807, 2.05) is 18.2 Å². The molecular formula is C16H11ClN2O2S. The van der Waals surface area contributed by atoms with Gasteiger partial charge in [-0.2, -0.15) is 0 Å². The molecule has 0 saturated carbocycles. The Morgan fingerprint density at radius 1 is 0.818 bits per heavy atom. The molecule has 6 heteroatoms. The number of hydrogen-bond donors (Lipinski definition) is 0. The van der Waals surface area contributed by atoms with Crippen LogP contribution in [0.3, 0.4) is 0 Å². The summed E-state index contributed by atoms with van der Waals surface area (Å²) in [7, 11) is 1.66. The van der Waals surface area contributed by atoms with E-state index in [9.17, 15) is 8.42 Å². The summed E-state index contributed by atoms with van der Waals surface area (Å²) in [4.78, 5) is 8.25. The molecule has 0 radical (unpaired) electrons. The average Bonchev–Trinajstić information content (AvgIpc) is 2.55. The molecule has 22 heavy (non-hydrogen) atoms. The highest BCUT2D eigenvalue weighted by Gasteiger charge is 2.15. The van der Waals surface area contributed by atoms with Crippen molar-refractivity contribution in [2.75, 3.05) is 0 Å². The maximum Gasteiger partial charge on any atom is 0.261 e. The van der Waals surface area contributed by atoms with Gasteiger partial charge in [-0.15, -0.1) is 0 Å². The minimum absolute atomic E-state index is 0.0562. The number of hydrogen-bond acceptors (Lipinski definition) is 4. The van der Waals surface area contributed by atoms with Crippen molar-refractivity contribution in [3.8, 4) is 22.3 Å². The van der Waals surface area contributed by atoms with Gasteiger partial charge in [0.25, 0.3) is 9.05 Å². The van der Waals surface area contributed by atoms with Crippen LogP contribution >= 0.6 is 10.7 Å². The number of rotatable bonds is 3. The van der Waals surface area contributed by atoms with E-state index in [4.69, 9.17) is 10.7 Å². The van der Waals surface area contributed by atoms with Crippen LogP contribution < -0.4 is 0 Å². The summed E-state index contributed by atoms with van der Waals surface area (Å²) in [6, 6.07) is 12.2. The van der Waals surface area contributed by atoms with Crippen LogP contribution in [0.25, 0.3) is 22.3 Å². The Balaban J connectivity index is 2.27. The van der Waals surface area contributed by atoms with Crippen LogP contribution in [0.2, 0.25) is 0 Å². The van der Waals surface area contributed by atoms with E-state index < -0.39 is 9.05 Å². The Morgan fingerprint density at radius 2 is 1.41 bits per heavy atom. The number of nitrogens with zero attached hydrogens (tertiary/aromatic N) is 2. The first-order valence-corrected chi connectivity index (χ1v) is 8.76. The molecule has 2 aromatic heterocycles. The lowest BCUT2D eigenvalue weighted by Crippen LogP contribution is -1.94. The molecule has 0 aliphatic carbocycles. The van der Waals surface area contributed by atoms with Crippen LogP contribution in [-0.4, -0.2) is 18.4 Å². The molecule has 3 aromatic rings. The molecule has 0 atom stereocenters. The summed E-state index contributed by atoms with van der Waals surface area (Å²) in [5, 5.41) is 0. The van der Waals surface area contributed by atoms with Crippen LogP contribution in [0.5, 0.6) is 0 Å². The summed E-state index contributed by atoms with van der Waals surface area (Å²) in [5.41, 5.74) is 3.30. The molecule has 4 nitrogen and oxygen atoms in total. The Labute approximate surface area is 132 Å². The van der Waals surface area contributed by atoms with E-state index in [1.54, 1.807) is 43.0 Å². The monoisotopic (exact) mass is 330 g/mol. The van der Waals surface area contributed by atoms with E-state index in [0.29, 0.717) is 0 Å². The highest BCUT2D eigenvalue weighted by Crippen LogP contribution is 2.34. The van der Waals surface area contributed by atoms with Gasteiger partial charge >= 0.3 is 0 Å². The fraction of sp³-hybridized carbons (Fsp3) is 0. The normalized spacial score (nSPS) is 11.3. The molecule has 0 amide bonds. The molecule has 0 spiro atoms. The van der Waals surface area contributed by atoms with E-state index in [1.165, 1.54) is 6.07 Å². The van der Waals surface area contributed by atoms with Crippen molar-refractivity contribution in [2.45, 2.75) is 4.90 Å². The van der Waals surface area contributed by atoms with Gasteiger partial charge < -0.3 is 0 Å². The third kappa shape index (κ3) is 3.00. The lowest BCUT2D eigenvalue weighted by atomic mass is 9.96. The molecule has 0 aliphatic rings. The molecule has 2 heterocycles. The topological polar surface area (TPSA) is 59.9 Å². The molecule has 3 rings (SSSR count). The van der Waals surface area contributed by atoms with Gasteiger partial charge in [0.05, 0.1) is 4.90 Å². The van der Waals surface area contributed by atoms with Crippen molar-refractivity contribution in [1.82, 2.24) is 9.97 Å². The van der Waals surface area contributed by atoms with Gasteiger partial charge in [-0.05, 0) is 35.4 Å². The fourth-order valence-corrected chi connectivity index (χ4v) is 2.99. The maximum atomic E-state index is 11.6. The van der Waals surface area contributed by atoms with Gasteiger partial charge in [-0.1, -0.05) is 18.2 Å². The standard InChI is InChI=1S/C16H11ClN2O2S/c17-22(20,21)14-5-6-15(12-3-1-7-18-10-12)16(9-14)13-4-2-8-19-11-13/h1-11H. The van der Waals surface area contributed by atoms with E-state index in [2.05, 4.69) is 9.97 Å². The van der Waals surface area contributed by atoms with Crippen LogP contribution in [0.4, 0.5) is 0 Å². The Morgan fingerprint density at radius 3 is 1.91 bits per heavy atom. The second kappa shape index (κ2) is 5.87. The largest absolute Gasteiger partial charge is 0.264 e. The minimum Gasteiger partial charge on any atom is -0.264 e. The van der Waals surface area contributed by atoms with E-state index in [0.717, 1.165) is 22.3 Å². The SMILES string of the molecule is O=S(=O)(Cl)c1ccc(-c2cccnc2)c(-c2cccnc2)c1. The Bertz CT molecular complexity index is 898. The van der Waals surface area contributed by atoms with Gasteiger partial charge in [-0.25, -0.2) is 8.42 Å². The van der Waals surface area contributed by atoms with Crippen molar-refractivity contribution in [3.63, 3.8) is 0 Å². The van der Waals surface area contributed by atoms with Gasteiger partial charge in [0.1, 0.15) is 0 Å². The molecule has 0 saturated heterocycles. The van der Waals surface area contributed by atoms with Crippen LogP contribution in [-0.2, 0) is 9.05 Å². The predicted molar refractivity (Wildman–Crippen MR) is 85.9 cm³/mol. The fourth-order valence-electron chi connectivity index (χ4n) is 2.21. The third-order valence-electron chi connectivity index (χ3n) is 3.22. The minimum atomic E-state index is -3.80. The Kier molecular flexibility index (Phi) is 3.92. The van der Waals surface area contributed by atoms with E-state index >= 15 is 0 Å². The van der Waals surface area contributed by atoms with E-state index in [-0.39, 0.29) is 4.90 Å². The number of halogens is 1. The maximum absolute atomic E-state index is 11.6. The smallest absolute Gasteiger partial charge is 0.261 e. The van der Waals surface area contributed by atoms with Gasteiger partial charge in [0.2, 0.25) is 0 Å². The first-order chi connectivity index (χ1) is 10.6. The molecule has 0 aliphatic heterocycles. The van der Waals surface area contributed by atoms with Crippen molar-refractivity contribution in [1.29, 1.82) is 0 Å². The zero-order chi connectivity index (χ0) is 15.6. The van der Waals surface area contributed by atoms with Crippen LogP contribution in [0.15, 0.2) is 72.1 Å². The summed E-state index contributed by atoms with van der Waals surface area (Å²) in [6.07, 6.45) is 6.75. The first kappa shape index (κ1) is 14.7. The van der Waals surface area contributed by atoms with Crippen molar-refractivity contribution < 1.29 is 8.42 Å². The predicted octanol–water partition coefficient (Wildman–Crippen LogP) is 3.74. The molecule has 0 unspecified atom stereocenters. The van der Waals surface area contributed by atoms with Crippen molar-refractivity contribution in [3.05, 3.63) is 67.3 Å². The van der Waals surface area contributed by atoms with Gasteiger partial charge in [-0.3, -0.25) is 9.97 Å². The average molecular weight is 331 g/mol. The van der Waals surface area contributed by atoms with Gasteiger partial charge in [0.15, 0.2) is 0 Å². The third-order valence-corrected chi connectivity index (χ3v) is 4.57. The zero-order valence-electron chi connectivity index (χ0n) is 11.3. The number of aromatic nitrogens is 2. The number of benzene rings is 1. The molecule has 0 fully saturated rings. The highest BCUT2D eigenvalue weighted by atomic mass is 35.7. The molecule has 0 bridgehead atoms. The lowest BCUT2D eigenvalue weighted by Gasteiger charge is -2.11. The molecule has 110 valence electrons. The summed E-state index contributed by atoms with van der Waals surface area (Å²) >= 11 is 0. The second-order valence-electron chi connectivity index (χ2n) is 4.63. The van der Waals surface area contributed by atoms with Crippen molar-refractivity contribution in [2.24, 2.45) is 0 Å². The summed E-state index contributed by atoms with van der Waals surface area (Å²) in [6.45, 7) is 0.